The lowest BCUT2D eigenvalue weighted by Crippen LogP contribution is -1.87. The molecular formula is C20H20N2O. The van der Waals surface area contributed by atoms with Crippen molar-refractivity contribution in [3.8, 4) is 5.75 Å². The van der Waals surface area contributed by atoms with E-state index in [9.17, 15) is 5.11 Å². The minimum Gasteiger partial charge on any atom is -0.506 e. The van der Waals surface area contributed by atoms with Crippen LogP contribution in [0.15, 0.2) is 64.8 Å². The molecule has 1 N–H and O–H groups in total. The van der Waals surface area contributed by atoms with Gasteiger partial charge >= 0.3 is 0 Å². The highest BCUT2D eigenvalue weighted by Crippen LogP contribution is 2.37. The minimum atomic E-state index is 0.152. The molecule has 0 bridgehead atoms. The number of hydrogen-bond donors (Lipinski definition) is 1. The van der Waals surface area contributed by atoms with E-state index in [1.54, 1.807) is 6.07 Å². The molecule has 0 saturated carbocycles. The van der Waals surface area contributed by atoms with Crippen molar-refractivity contribution in [3.05, 3.63) is 65.7 Å². The van der Waals surface area contributed by atoms with Gasteiger partial charge in [0.2, 0.25) is 0 Å². The first kappa shape index (κ1) is 15.2. The van der Waals surface area contributed by atoms with Crippen molar-refractivity contribution < 1.29 is 5.11 Å². The fraction of sp³-hybridized carbons (Fsp3) is 0.200. The van der Waals surface area contributed by atoms with Crippen LogP contribution in [0.4, 0.5) is 11.4 Å². The first-order chi connectivity index (χ1) is 11.2. The highest BCUT2D eigenvalue weighted by molar-refractivity contribution is 5.95. The molecule has 0 radical (unpaired) electrons. The van der Waals surface area contributed by atoms with Crippen molar-refractivity contribution in [1.82, 2.24) is 0 Å². The van der Waals surface area contributed by atoms with Crippen LogP contribution in [0.3, 0.4) is 0 Å². The monoisotopic (exact) mass is 304 g/mol. The Morgan fingerprint density at radius 1 is 0.739 bits per heavy atom. The summed E-state index contributed by atoms with van der Waals surface area (Å²) in [5.41, 5.74) is 3.79. The number of azo groups is 1. The second-order valence-electron chi connectivity index (χ2n) is 5.49. The summed E-state index contributed by atoms with van der Waals surface area (Å²) in [6.45, 7) is 4.23. The third-order valence-electron chi connectivity index (χ3n) is 4.09. The summed E-state index contributed by atoms with van der Waals surface area (Å²) in [5.74, 6) is 0.152. The van der Waals surface area contributed by atoms with E-state index < -0.39 is 0 Å². The molecule has 3 rings (SSSR count). The van der Waals surface area contributed by atoms with Crippen LogP contribution in [0, 0.1) is 0 Å². The molecule has 0 aliphatic carbocycles. The molecule has 3 nitrogen and oxygen atoms in total. The summed E-state index contributed by atoms with van der Waals surface area (Å²) in [6.07, 6.45) is 1.81. The van der Waals surface area contributed by atoms with E-state index in [1.165, 1.54) is 11.1 Å². The fourth-order valence-electron chi connectivity index (χ4n) is 2.79. The van der Waals surface area contributed by atoms with Gasteiger partial charge in [-0.05, 0) is 35.4 Å². The molecule has 0 aliphatic heterocycles. The highest BCUT2D eigenvalue weighted by Gasteiger charge is 2.08. The van der Waals surface area contributed by atoms with E-state index in [2.05, 4.69) is 42.3 Å². The van der Waals surface area contributed by atoms with Gasteiger partial charge in [0.1, 0.15) is 11.4 Å². The lowest BCUT2D eigenvalue weighted by Gasteiger charge is -2.08. The summed E-state index contributed by atoms with van der Waals surface area (Å²) < 4.78 is 0. The molecule has 0 aliphatic rings. The summed E-state index contributed by atoms with van der Waals surface area (Å²) >= 11 is 0. The lowest BCUT2D eigenvalue weighted by molar-refractivity contribution is 0.477. The van der Waals surface area contributed by atoms with Crippen molar-refractivity contribution in [1.29, 1.82) is 0 Å². The van der Waals surface area contributed by atoms with E-state index in [-0.39, 0.29) is 5.75 Å². The number of benzene rings is 3. The molecule has 0 atom stereocenters. The Hall–Kier alpha value is -2.68. The summed E-state index contributed by atoms with van der Waals surface area (Å²) in [4.78, 5) is 0. The van der Waals surface area contributed by atoms with Crippen molar-refractivity contribution in [2.45, 2.75) is 26.7 Å². The number of phenols is 1. The SMILES string of the molecule is CCc1cccc(CC)c1N=Nc1c(O)ccc2ccccc12. The summed E-state index contributed by atoms with van der Waals surface area (Å²) in [5, 5.41) is 21.0. The molecule has 3 aromatic rings. The predicted octanol–water partition coefficient (Wildman–Crippen LogP) is 6.09. The maximum Gasteiger partial charge on any atom is 0.143 e. The molecule has 3 aromatic carbocycles. The first-order valence-electron chi connectivity index (χ1n) is 7.97. The van der Waals surface area contributed by atoms with Crippen molar-refractivity contribution >= 4 is 22.1 Å². The number of rotatable bonds is 4. The Bertz CT molecular complexity index is 846. The van der Waals surface area contributed by atoms with Crippen LogP contribution in [0.2, 0.25) is 0 Å². The third kappa shape index (κ3) is 2.95. The van der Waals surface area contributed by atoms with E-state index in [0.717, 1.165) is 29.3 Å². The fourth-order valence-corrected chi connectivity index (χ4v) is 2.79. The van der Waals surface area contributed by atoms with Gasteiger partial charge in [-0.1, -0.05) is 62.4 Å². The normalized spacial score (nSPS) is 11.4. The molecule has 3 heteroatoms. The third-order valence-corrected chi connectivity index (χ3v) is 4.09. The average molecular weight is 304 g/mol. The number of aryl methyl sites for hydroxylation is 2. The zero-order chi connectivity index (χ0) is 16.2. The van der Waals surface area contributed by atoms with Gasteiger partial charge < -0.3 is 5.11 Å². The van der Waals surface area contributed by atoms with Crippen LogP contribution in [0.1, 0.15) is 25.0 Å². The molecule has 0 amide bonds. The zero-order valence-electron chi connectivity index (χ0n) is 13.5. The quantitative estimate of drug-likeness (QED) is 0.583. The molecule has 0 fully saturated rings. The lowest BCUT2D eigenvalue weighted by atomic mass is 10.0. The minimum absolute atomic E-state index is 0.152. The molecule has 0 heterocycles. The Kier molecular flexibility index (Phi) is 4.38. The van der Waals surface area contributed by atoms with Crippen LogP contribution in [0.5, 0.6) is 5.75 Å². The topological polar surface area (TPSA) is 45.0 Å². The molecule has 23 heavy (non-hydrogen) atoms. The number of aromatic hydroxyl groups is 1. The number of nitrogens with zero attached hydrogens (tertiary/aromatic N) is 2. The van der Waals surface area contributed by atoms with Crippen molar-refractivity contribution in [3.63, 3.8) is 0 Å². The summed E-state index contributed by atoms with van der Waals surface area (Å²) in [7, 11) is 0. The van der Waals surface area contributed by atoms with Crippen LogP contribution in [0.25, 0.3) is 10.8 Å². The molecule has 0 unspecified atom stereocenters. The number of hydrogen-bond acceptors (Lipinski definition) is 3. The van der Waals surface area contributed by atoms with E-state index in [1.807, 2.05) is 30.3 Å². The van der Waals surface area contributed by atoms with Crippen LogP contribution in [-0.2, 0) is 12.8 Å². The van der Waals surface area contributed by atoms with Gasteiger partial charge in [-0.15, -0.1) is 10.2 Å². The van der Waals surface area contributed by atoms with Crippen LogP contribution >= 0.6 is 0 Å². The molecular weight excluding hydrogens is 284 g/mol. The van der Waals surface area contributed by atoms with Gasteiger partial charge in [0.25, 0.3) is 0 Å². The highest BCUT2D eigenvalue weighted by atomic mass is 16.3. The Morgan fingerprint density at radius 3 is 2.09 bits per heavy atom. The Labute approximate surface area is 136 Å². The van der Waals surface area contributed by atoms with E-state index >= 15 is 0 Å². The predicted molar refractivity (Wildman–Crippen MR) is 95.0 cm³/mol. The number of fused-ring (bicyclic) bond motifs is 1. The van der Waals surface area contributed by atoms with Gasteiger partial charge in [0.05, 0.1) is 5.69 Å². The molecule has 0 spiro atoms. The second kappa shape index (κ2) is 6.61. The molecule has 116 valence electrons. The zero-order valence-corrected chi connectivity index (χ0v) is 13.5. The standard InChI is InChI=1S/C20H20N2O/c1-3-14-9-7-10-15(4-2)19(14)21-22-20-17-11-6-5-8-16(17)12-13-18(20)23/h5-13,23H,3-4H2,1-2H3. The smallest absolute Gasteiger partial charge is 0.143 e. The first-order valence-corrected chi connectivity index (χ1v) is 7.97. The van der Waals surface area contributed by atoms with E-state index in [0.29, 0.717) is 5.69 Å². The summed E-state index contributed by atoms with van der Waals surface area (Å²) in [6, 6.07) is 17.7. The van der Waals surface area contributed by atoms with Gasteiger partial charge in [-0.3, -0.25) is 0 Å². The second-order valence-corrected chi connectivity index (χ2v) is 5.49. The molecule has 0 aromatic heterocycles. The van der Waals surface area contributed by atoms with Crippen LogP contribution in [-0.4, -0.2) is 5.11 Å². The van der Waals surface area contributed by atoms with Crippen molar-refractivity contribution in [2.75, 3.05) is 0 Å². The van der Waals surface area contributed by atoms with Gasteiger partial charge in [0.15, 0.2) is 0 Å². The van der Waals surface area contributed by atoms with Crippen molar-refractivity contribution in [2.24, 2.45) is 10.2 Å². The van der Waals surface area contributed by atoms with Gasteiger partial charge in [0, 0.05) is 5.39 Å². The van der Waals surface area contributed by atoms with Gasteiger partial charge in [-0.25, -0.2) is 0 Å². The van der Waals surface area contributed by atoms with E-state index in [4.69, 9.17) is 0 Å². The average Bonchev–Trinajstić information content (AvgIpc) is 2.60. The largest absolute Gasteiger partial charge is 0.506 e. The van der Waals surface area contributed by atoms with Crippen LogP contribution < -0.4 is 0 Å². The van der Waals surface area contributed by atoms with Gasteiger partial charge in [-0.2, -0.15) is 0 Å². The Balaban J connectivity index is 2.13. The maximum atomic E-state index is 10.2. The number of phenolic OH excluding ortho intramolecular Hbond substituents is 1. The molecule has 0 saturated heterocycles. The maximum absolute atomic E-state index is 10.2. The Morgan fingerprint density at radius 2 is 1.39 bits per heavy atom.